The van der Waals surface area contributed by atoms with Crippen LogP contribution in [0.3, 0.4) is 0 Å². The van der Waals surface area contributed by atoms with Gasteiger partial charge in [-0.1, -0.05) is 70.5 Å². The third-order valence-corrected chi connectivity index (χ3v) is 11.2. The molecule has 8 atom stereocenters. The van der Waals surface area contributed by atoms with E-state index in [2.05, 4.69) is 34.4 Å². The van der Waals surface area contributed by atoms with Gasteiger partial charge in [-0.3, -0.25) is 19.2 Å². The van der Waals surface area contributed by atoms with Crippen molar-refractivity contribution in [2.24, 2.45) is 11.8 Å². The molecule has 11 nitrogen and oxygen atoms in total. The van der Waals surface area contributed by atoms with Gasteiger partial charge in [0.1, 0.15) is 17.7 Å². The van der Waals surface area contributed by atoms with Gasteiger partial charge in [0.15, 0.2) is 0 Å². The minimum atomic E-state index is -1.32. The number of esters is 1. The summed E-state index contributed by atoms with van der Waals surface area (Å²) in [5.41, 5.74) is 1.88. The summed E-state index contributed by atoms with van der Waals surface area (Å²) in [5.74, 6) is -3.63. The molecule has 2 N–H and O–H groups in total. The first-order valence-corrected chi connectivity index (χ1v) is 18.8. The zero-order chi connectivity index (χ0) is 37.6. The van der Waals surface area contributed by atoms with Gasteiger partial charge < -0.3 is 34.4 Å². The lowest BCUT2D eigenvalue weighted by Crippen LogP contribution is -2.57. The van der Waals surface area contributed by atoms with E-state index in [0.29, 0.717) is 36.9 Å². The number of methoxy groups -OCH3 is 1. The topological polar surface area (TPSA) is 135 Å². The molecule has 12 heteroatoms. The standard InChI is InChI=1S/C40H50BrN3O8/c1-6-8-16-31(46)42-29(24-50-5)34(27-14-10-9-11-15-27)51-39(49)32-33-37(47)44(20-12-13-21-45)36(40(33)23-28(41)35(32)52-40)38(48)43(19-7-2)30-22-25(3)17-18-26(30)4/h6-7,9-11,14-15,17-18,22,28-29,32-36,45H,1-2,8,12-13,16,19-21,23-24H2,3-5H3,(H,42,46)/t28?,29-,32+,33-,34-,35+,36+,40-/m0/s1. The van der Waals surface area contributed by atoms with Gasteiger partial charge in [0.05, 0.1) is 30.6 Å². The average molecular weight is 781 g/mol. The van der Waals surface area contributed by atoms with E-state index >= 15 is 0 Å². The molecule has 2 aromatic rings. The zero-order valence-electron chi connectivity index (χ0n) is 30.2. The molecule has 0 saturated carbocycles. The number of rotatable bonds is 18. The van der Waals surface area contributed by atoms with Crippen molar-refractivity contribution < 1.29 is 38.5 Å². The minimum absolute atomic E-state index is 0.0529. The molecule has 3 saturated heterocycles. The molecule has 3 heterocycles. The van der Waals surface area contributed by atoms with Gasteiger partial charge in [0, 0.05) is 43.7 Å². The summed E-state index contributed by atoms with van der Waals surface area (Å²) in [6.45, 7) is 11.9. The van der Waals surface area contributed by atoms with Crippen LogP contribution in [0, 0.1) is 25.7 Å². The van der Waals surface area contributed by atoms with Crippen LogP contribution < -0.4 is 10.2 Å². The molecule has 3 aliphatic rings. The molecule has 1 spiro atoms. The van der Waals surface area contributed by atoms with Crippen LogP contribution in [0.25, 0.3) is 0 Å². The monoisotopic (exact) mass is 779 g/mol. The maximum atomic E-state index is 15.0. The summed E-state index contributed by atoms with van der Waals surface area (Å²) < 4.78 is 18.6. The lowest BCUT2D eigenvalue weighted by atomic mass is 9.70. The number of anilines is 1. The van der Waals surface area contributed by atoms with Crippen LogP contribution >= 0.6 is 15.9 Å². The van der Waals surface area contributed by atoms with Gasteiger partial charge in [-0.05, 0) is 62.3 Å². The second kappa shape index (κ2) is 17.3. The number of alkyl halides is 1. The van der Waals surface area contributed by atoms with Crippen molar-refractivity contribution in [3.05, 3.63) is 90.5 Å². The fourth-order valence-corrected chi connectivity index (χ4v) is 8.97. The van der Waals surface area contributed by atoms with E-state index in [4.69, 9.17) is 14.2 Å². The average Bonchev–Trinajstić information content (AvgIpc) is 3.72. The summed E-state index contributed by atoms with van der Waals surface area (Å²) in [4.78, 5) is 60.0. The fourth-order valence-electron chi connectivity index (χ4n) is 8.03. The zero-order valence-corrected chi connectivity index (χ0v) is 31.8. The van der Waals surface area contributed by atoms with Gasteiger partial charge in [-0.15, -0.1) is 13.2 Å². The highest BCUT2D eigenvalue weighted by Gasteiger charge is 2.77. The summed E-state index contributed by atoms with van der Waals surface area (Å²) in [6.07, 6.45) is 3.50. The summed E-state index contributed by atoms with van der Waals surface area (Å²) >= 11 is 3.75. The number of hydrogen-bond acceptors (Lipinski definition) is 8. The first-order chi connectivity index (χ1) is 25.0. The molecule has 5 rings (SSSR count). The normalized spacial score (nSPS) is 25.7. The number of likely N-dealkylation sites (tertiary alicyclic amines) is 1. The molecule has 280 valence electrons. The number of aliphatic hydroxyl groups is 1. The molecule has 3 fully saturated rings. The molecule has 52 heavy (non-hydrogen) atoms. The van der Waals surface area contributed by atoms with Crippen molar-refractivity contribution in [3.8, 4) is 0 Å². The van der Waals surface area contributed by atoms with Gasteiger partial charge in [0.2, 0.25) is 11.8 Å². The number of ether oxygens (including phenoxy) is 3. The summed E-state index contributed by atoms with van der Waals surface area (Å²) in [6, 6.07) is 13.2. The van der Waals surface area contributed by atoms with Gasteiger partial charge in [-0.2, -0.15) is 0 Å². The highest BCUT2D eigenvalue weighted by Crippen LogP contribution is 2.60. The van der Waals surface area contributed by atoms with E-state index in [9.17, 15) is 24.3 Å². The molecule has 1 unspecified atom stereocenters. The van der Waals surface area contributed by atoms with Crippen molar-refractivity contribution in [1.82, 2.24) is 10.2 Å². The number of allylic oxidation sites excluding steroid dienone is 1. The molecule has 0 aromatic heterocycles. The van der Waals surface area contributed by atoms with Crippen LogP contribution in [0.15, 0.2) is 73.8 Å². The molecular weight excluding hydrogens is 730 g/mol. The van der Waals surface area contributed by atoms with Crippen molar-refractivity contribution in [3.63, 3.8) is 0 Å². The Hall–Kier alpha value is -3.84. The third-order valence-electron chi connectivity index (χ3n) is 10.3. The molecular formula is C40H50BrN3O8. The van der Waals surface area contributed by atoms with Crippen molar-refractivity contribution in [2.75, 3.05) is 38.3 Å². The molecule has 0 aliphatic carbocycles. The van der Waals surface area contributed by atoms with Gasteiger partial charge in [0.25, 0.3) is 5.91 Å². The number of nitrogens with one attached hydrogen (secondary N) is 1. The Morgan fingerprint density at radius 1 is 1.15 bits per heavy atom. The number of aliphatic hydroxyl groups excluding tert-OH is 1. The number of nitrogens with zero attached hydrogens (tertiary/aromatic N) is 2. The summed E-state index contributed by atoms with van der Waals surface area (Å²) in [7, 11) is 1.50. The summed E-state index contributed by atoms with van der Waals surface area (Å²) in [5, 5.41) is 12.6. The number of benzene rings is 2. The molecule has 0 radical (unpaired) electrons. The smallest absolute Gasteiger partial charge is 0.313 e. The second-order valence-corrected chi connectivity index (χ2v) is 15.1. The fraction of sp³-hybridized carbons (Fsp3) is 0.500. The lowest BCUT2D eigenvalue weighted by molar-refractivity contribution is -0.163. The van der Waals surface area contributed by atoms with Crippen molar-refractivity contribution in [2.45, 2.75) is 80.7 Å². The Morgan fingerprint density at radius 3 is 2.58 bits per heavy atom. The van der Waals surface area contributed by atoms with Crippen LogP contribution in [0.4, 0.5) is 5.69 Å². The number of unbranched alkanes of at least 4 members (excludes halogenated alkanes) is 1. The number of aryl methyl sites for hydroxylation is 2. The Morgan fingerprint density at radius 2 is 1.90 bits per heavy atom. The predicted molar refractivity (Wildman–Crippen MR) is 201 cm³/mol. The number of carbonyl (C=O) groups excluding carboxylic acids is 4. The van der Waals surface area contributed by atoms with E-state index in [1.165, 1.54) is 7.11 Å². The first-order valence-electron chi connectivity index (χ1n) is 17.9. The number of fused-ring (bicyclic) bond motifs is 1. The lowest BCUT2D eigenvalue weighted by Gasteiger charge is -2.37. The first kappa shape index (κ1) is 39.4. The molecule has 3 aliphatic heterocycles. The largest absolute Gasteiger partial charge is 0.455 e. The highest BCUT2D eigenvalue weighted by atomic mass is 79.9. The Labute approximate surface area is 314 Å². The van der Waals surface area contributed by atoms with Crippen molar-refractivity contribution >= 4 is 45.3 Å². The quantitative estimate of drug-likeness (QED) is 0.0961. The Kier molecular flexibility index (Phi) is 13.1. The van der Waals surface area contributed by atoms with E-state index in [1.54, 1.807) is 22.0 Å². The predicted octanol–water partition coefficient (Wildman–Crippen LogP) is 4.72. The van der Waals surface area contributed by atoms with Gasteiger partial charge in [-0.25, -0.2) is 0 Å². The Balaban J connectivity index is 1.53. The SMILES string of the molecule is C=CCCC(=O)N[C@@H](COC)[C@@H](OC(=O)[C@H]1[C@@H]2O[C@@]3(CC2Br)[C@@H]1C(=O)N(CCCCO)[C@@H]3C(=O)N(CC=C)c1cc(C)ccc1C)c1ccccc1. The second-order valence-electron chi connectivity index (χ2n) is 13.9. The Bertz CT molecular complexity index is 1640. The minimum Gasteiger partial charge on any atom is -0.455 e. The highest BCUT2D eigenvalue weighted by molar-refractivity contribution is 9.09. The van der Waals surface area contributed by atoms with E-state index in [-0.39, 0.29) is 55.3 Å². The number of carbonyl (C=O) groups is 4. The maximum absolute atomic E-state index is 15.0. The van der Waals surface area contributed by atoms with E-state index in [1.807, 2.05) is 62.4 Å². The van der Waals surface area contributed by atoms with Crippen LogP contribution in [0.1, 0.15) is 54.9 Å². The third kappa shape index (κ3) is 7.76. The molecule has 2 bridgehead atoms. The van der Waals surface area contributed by atoms with Crippen LogP contribution in [0.2, 0.25) is 0 Å². The number of amides is 3. The number of hydrogen-bond donors (Lipinski definition) is 2. The van der Waals surface area contributed by atoms with Crippen LogP contribution in [-0.2, 0) is 33.4 Å². The molecule has 2 aromatic carbocycles. The van der Waals surface area contributed by atoms with Crippen LogP contribution in [-0.4, -0.2) is 95.7 Å². The van der Waals surface area contributed by atoms with E-state index in [0.717, 1.165) is 11.1 Å². The number of halogens is 1. The van der Waals surface area contributed by atoms with E-state index < -0.39 is 47.7 Å². The van der Waals surface area contributed by atoms with Crippen LogP contribution in [0.5, 0.6) is 0 Å². The molecule has 3 amide bonds. The van der Waals surface area contributed by atoms with Gasteiger partial charge >= 0.3 is 5.97 Å². The van der Waals surface area contributed by atoms with Crippen molar-refractivity contribution in [1.29, 1.82) is 0 Å². The maximum Gasteiger partial charge on any atom is 0.313 e.